The molecule has 2 fully saturated rings. The lowest BCUT2D eigenvalue weighted by atomic mass is 9.72. The molecule has 9 nitrogen and oxygen atoms in total. The lowest BCUT2D eigenvalue weighted by Crippen LogP contribution is -2.53. The van der Waals surface area contributed by atoms with E-state index in [0.717, 1.165) is 12.8 Å². The second kappa shape index (κ2) is 9.45. The Morgan fingerprint density at radius 2 is 1.69 bits per heavy atom. The molecule has 5 atom stereocenters. The Morgan fingerprint density at radius 3 is 2.26 bits per heavy atom. The van der Waals surface area contributed by atoms with Crippen LogP contribution in [0.1, 0.15) is 46.1 Å². The third-order valence-electron chi connectivity index (χ3n) is 7.38. The molecule has 5 unspecified atom stereocenters. The van der Waals surface area contributed by atoms with Crippen LogP contribution in [0.5, 0.6) is 0 Å². The van der Waals surface area contributed by atoms with Crippen molar-refractivity contribution in [2.45, 2.75) is 63.7 Å². The van der Waals surface area contributed by atoms with Crippen molar-refractivity contribution >= 4 is 23.8 Å². The van der Waals surface area contributed by atoms with E-state index in [4.69, 9.17) is 10.5 Å². The number of aliphatic imine (C=N–C) groups is 1. The van der Waals surface area contributed by atoms with Crippen LogP contribution in [0.15, 0.2) is 47.5 Å². The van der Waals surface area contributed by atoms with E-state index < -0.39 is 23.4 Å². The fourth-order valence-electron chi connectivity index (χ4n) is 5.64. The first-order valence-electron chi connectivity index (χ1n) is 12.2. The number of likely N-dealkylation sites (tertiary alicyclic amines) is 1. The molecule has 0 saturated carbocycles. The van der Waals surface area contributed by atoms with Crippen molar-refractivity contribution < 1.29 is 19.1 Å². The van der Waals surface area contributed by atoms with E-state index in [1.807, 2.05) is 44.2 Å². The minimum atomic E-state index is -0.507. The number of benzene rings is 1. The Bertz CT molecular complexity index is 1020. The van der Waals surface area contributed by atoms with Crippen LogP contribution in [0.4, 0.5) is 4.79 Å². The number of amides is 4. The summed E-state index contributed by atoms with van der Waals surface area (Å²) in [5.41, 5.74) is 6.51. The molecular weight excluding hydrogens is 446 g/mol. The summed E-state index contributed by atoms with van der Waals surface area (Å²) in [7, 11) is 0. The predicted octanol–water partition coefficient (Wildman–Crippen LogP) is 2.08. The molecule has 3 aliphatic heterocycles. The molecule has 9 heteroatoms. The van der Waals surface area contributed by atoms with E-state index in [9.17, 15) is 14.4 Å². The minimum absolute atomic E-state index is 0.0658. The van der Waals surface area contributed by atoms with Gasteiger partial charge in [-0.15, -0.1) is 0 Å². The minimum Gasteiger partial charge on any atom is -0.370 e. The maximum absolute atomic E-state index is 12.7. The first kappa shape index (κ1) is 24.9. The molecule has 0 aliphatic carbocycles. The molecule has 4 amide bonds. The summed E-state index contributed by atoms with van der Waals surface area (Å²) in [5.74, 6) is -1.39. The van der Waals surface area contributed by atoms with Gasteiger partial charge in [-0.2, -0.15) is 0 Å². The van der Waals surface area contributed by atoms with Crippen molar-refractivity contribution in [1.29, 1.82) is 0 Å². The van der Waals surface area contributed by atoms with Gasteiger partial charge >= 0.3 is 6.03 Å². The van der Waals surface area contributed by atoms with Crippen LogP contribution in [0.2, 0.25) is 0 Å². The number of fused-ring (bicyclic) bond motifs is 5. The molecule has 0 aromatic heterocycles. The van der Waals surface area contributed by atoms with Crippen LogP contribution in [-0.4, -0.2) is 59.5 Å². The van der Waals surface area contributed by atoms with Gasteiger partial charge in [-0.25, -0.2) is 4.79 Å². The van der Waals surface area contributed by atoms with E-state index >= 15 is 0 Å². The standard InChI is InChI=1S/C26H35N5O4/c1-5-26(4,16-9-7-6-8-10-16)15-25(2,3)30-24(34)29-23(27)28-13-14-31-21(32)19-17-11-12-18(35-17)20(19)22(31)33/h6-12,17-20H,5,13-15H2,1-4H3,(H4,27,28,29,30,34). The fraction of sp³-hybridized carbons (Fsp3) is 0.538. The number of ether oxygens (including phenoxy) is 1. The van der Waals surface area contributed by atoms with Crippen molar-refractivity contribution in [3.05, 3.63) is 48.0 Å². The molecule has 35 heavy (non-hydrogen) atoms. The number of nitrogens with one attached hydrogen (secondary N) is 2. The van der Waals surface area contributed by atoms with Crippen molar-refractivity contribution in [2.75, 3.05) is 13.1 Å². The van der Waals surface area contributed by atoms with Crippen molar-refractivity contribution in [3.8, 4) is 0 Å². The Balaban J connectivity index is 1.28. The maximum Gasteiger partial charge on any atom is 0.321 e. The zero-order valence-corrected chi connectivity index (χ0v) is 20.8. The molecule has 0 spiro atoms. The molecule has 1 aromatic carbocycles. The second-order valence-electron chi connectivity index (χ2n) is 10.5. The average molecular weight is 482 g/mol. The second-order valence-corrected chi connectivity index (χ2v) is 10.5. The molecule has 4 rings (SSSR count). The predicted molar refractivity (Wildman–Crippen MR) is 132 cm³/mol. The highest BCUT2D eigenvalue weighted by molar-refractivity contribution is 6.06. The van der Waals surface area contributed by atoms with Gasteiger partial charge < -0.3 is 15.8 Å². The van der Waals surface area contributed by atoms with Crippen molar-refractivity contribution in [1.82, 2.24) is 15.5 Å². The maximum atomic E-state index is 12.7. The van der Waals surface area contributed by atoms with Crippen LogP contribution in [0, 0.1) is 11.8 Å². The Hall–Kier alpha value is -3.20. The molecule has 0 radical (unpaired) electrons. The van der Waals surface area contributed by atoms with Gasteiger partial charge in [0.25, 0.3) is 0 Å². The topological polar surface area (TPSA) is 126 Å². The highest BCUT2D eigenvalue weighted by atomic mass is 16.5. The number of imide groups is 1. The number of hydrogen-bond acceptors (Lipinski definition) is 5. The van der Waals surface area contributed by atoms with Crippen LogP contribution in [-0.2, 0) is 19.7 Å². The molecule has 188 valence electrons. The van der Waals surface area contributed by atoms with E-state index in [-0.39, 0.29) is 48.5 Å². The third-order valence-corrected chi connectivity index (χ3v) is 7.38. The van der Waals surface area contributed by atoms with Gasteiger partial charge in [0.2, 0.25) is 11.8 Å². The van der Waals surface area contributed by atoms with Crippen LogP contribution < -0.4 is 16.4 Å². The summed E-state index contributed by atoms with van der Waals surface area (Å²) in [5, 5.41) is 5.54. The van der Waals surface area contributed by atoms with Crippen molar-refractivity contribution in [2.24, 2.45) is 22.6 Å². The first-order chi connectivity index (χ1) is 16.5. The summed E-state index contributed by atoms with van der Waals surface area (Å²) in [6.07, 6.45) is 4.72. The number of guanidine groups is 1. The average Bonchev–Trinajstić information content (AvgIpc) is 3.48. The summed E-state index contributed by atoms with van der Waals surface area (Å²) >= 11 is 0. The number of urea groups is 1. The number of carbonyl (C=O) groups is 3. The monoisotopic (exact) mass is 481 g/mol. The van der Waals surface area contributed by atoms with Gasteiger partial charge in [-0.1, -0.05) is 56.3 Å². The first-order valence-corrected chi connectivity index (χ1v) is 12.2. The van der Waals surface area contributed by atoms with Crippen LogP contribution in [0.25, 0.3) is 0 Å². The number of nitrogens with zero attached hydrogens (tertiary/aromatic N) is 2. The zero-order chi connectivity index (χ0) is 25.4. The molecule has 2 saturated heterocycles. The van der Waals surface area contributed by atoms with Crippen LogP contribution in [0.3, 0.4) is 0 Å². The molecule has 3 heterocycles. The number of rotatable bonds is 8. The van der Waals surface area contributed by atoms with E-state index in [2.05, 4.69) is 41.6 Å². The third kappa shape index (κ3) is 4.96. The highest BCUT2D eigenvalue weighted by Crippen LogP contribution is 2.44. The van der Waals surface area contributed by atoms with Gasteiger partial charge in [0.15, 0.2) is 5.96 Å². The number of carbonyl (C=O) groups excluding carboxylic acids is 3. The van der Waals surface area contributed by atoms with Gasteiger partial charge in [0, 0.05) is 12.1 Å². The van der Waals surface area contributed by atoms with Crippen LogP contribution >= 0.6 is 0 Å². The zero-order valence-electron chi connectivity index (χ0n) is 20.8. The summed E-state index contributed by atoms with van der Waals surface area (Å²) in [6, 6.07) is 9.82. The lowest BCUT2D eigenvalue weighted by Gasteiger charge is -2.38. The molecule has 3 aliphatic rings. The molecular formula is C26H35N5O4. The molecule has 2 bridgehead atoms. The highest BCUT2D eigenvalue weighted by Gasteiger charge is 2.60. The van der Waals surface area contributed by atoms with Crippen molar-refractivity contribution in [3.63, 3.8) is 0 Å². The van der Waals surface area contributed by atoms with Gasteiger partial charge in [0.05, 0.1) is 30.6 Å². The molecule has 4 N–H and O–H groups in total. The number of hydrogen-bond donors (Lipinski definition) is 3. The summed E-state index contributed by atoms with van der Waals surface area (Å²) in [4.78, 5) is 43.3. The largest absolute Gasteiger partial charge is 0.370 e. The Morgan fingerprint density at radius 1 is 1.09 bits per heavy atom. The summed E-state index contributed by atoms with van der Waals surface area (Å²) in [6.45, 7) is 8.52. The summed E-state index contributed by atoms with van der Waals surface area (Å²) < 4.78 is 5.64. The van der Waals surface area contributed by atoms with E-state index in [1.54, 1.807) is 0 Å². The SMILES string of the molecule is CCC(C)(CC(C)(C)NC(=O)NC(N)=NCCN1C(=O)C2C3C=CC(O3)C2C1=O)c1ccccc1. The van der Waals surface area contributed by atoms with Gasteiger partial charge in [-0.3, -0.25) is 24.8 Å². The normalized spacial score (nSPS) is 27.2. The van der Waals surface area contributed by atoms with E-state index in [1.165, 1.54) is 10.5 Å². The Kier molecular flexibility index (Phi) is 6.73. The Labute approximate surface area is 206 Å². The van der Waals surface area contributed by atoms with Gasteiger partial charge in [0.1, 0.15) is 0 Å². The fourth-order valence-corrected chi connectivity index (χ4v) is 5.64. The molecule has 1 aromatic rings. The smallest absolute Gasteiger partial charge is 0.321 e. The van der Waals surface area contributed by atoms with Gasteiger partial charge in [-0.05, 0) is 37.7 Å². The lowest BCUT2D eigenvalue weighted by molar-refractivity contribution is -0.142. The quantitative estimate of drug-likeness (QED) is 0.227. The number of nitrogens with two attached hydrogens (primary N) is 1. The van der Waals surface area contributed by atoms with E-state index in [0.29, 0.717) is 0 Å².